The summed E-state index contributed by atoms with van der Waals surface area (Å²) in [6.45, 7) is 0.388. The van der Waals surface area contributed by atoms with Crippen LogP contribution in [0.25, 0.3) is 33.7 Å². The number of aromatic nitrogens is 1. The Balaban J connectivity index is 1.02. The van der Waals surface area contributed by atoms with Gasteiger partial charge in [0.15, 0.2) is 12.1 Å². The molecule has 0 unspecified atom stereocenters. The van der Waals surface area contributed by atoms with E-state index in [4.69, 9.17) is 24.1 Å². The number of nitrogens with one attached hydrogen (secondary N) is 2. The van der Waals surface area contributed by atoms with Crippen molar-refractivity contribution in [1.29, 1.82) is 0 Å². The average Bonchev–Trinajstić information content (AvgIpc) is 3.72. The summed E-state index contributed by atoms with van der Waals surface area (Å²) < 4.78 is 19.7. The zero-order valence-corrected chi connectivity index (χ0v) is 32.9. The van der Waals surface area contributed by atoms with Gasteiger partial charge in [-0.3, -0.25) is 14.8 Å². The first-order chi connectivity index (χ1) is 28.4. The molecule has 1 aromatic heterocycles. The summed E-state index contributed by atoms with van der Waals surface area (Å²) in [6, 6.07) is 44.2. The highest BCUT2D eigenvalue weighted by Crippen LogP contribution is 2.41. The third kappa shape index (κ3) is 10.9. The van der Waals surface area contributed by atoms with Crippen molar-refractivity contribution in [2.45, 2.75) is 75.4 Å². The summed E-state index contributed by atoms with van der Waals surface area (Å²) >= 11 is 1.53. The third-order valence-corrected chi connectivity index (χ3v) is 11.0. The number of aliphatic hydroxyl groups excluding tert-OH is 1. The summed E-state index contributed by atoms with van der Waals surface area (Å²) in [7, 11) is 0. The molecule has 0 spiro atoms. The maximum atomic E-state index is 12.4. The lowest BCUT2D eigenvalue weighted by Crippen LogP contribution is -2.31. The molecule has 5 aromatic carbocycles. The fourth-order valence-electron chi connectivity index (χ4n) is 6.91. The van der Waals surface area contributed by atoms with E-state index < -0.39 is 12.2 Å². The lowest BCUT2D eigenvalue weighted by molar-refractivity contribution is -0.245. The van der Waals surface area contributed by atoms with Crippen molar-refractivity contribution in [3.05, 3.63) is 156 Å². The molecule has 3 atom stereocenters. The van der Waals surface area contributed by atoms with E-state index in [1.165, 1.54) is 11.8 Å². The predicted molar refractivity (Wildman–Crippen MR) is 223 cm³/mol. The Labute approximate surface area is 342 Å². The molecule has 10 nitrogen and oxygen atoms in total. The van der Waals surface area contributed by atoms with Gasteiger partial charge in [0.1, 0.15) is 5.69 Å². The largest absolute Gasteiger partial charge is 0.431 e. The standard InChI is InChI=1S/C47H47N3O7S/c51-30-32-19-21-35(22-20-32)41-28-40(31-58-47-49-44(36-12-4-1-5-13-36)45(57-47)37-14-6-2-7-15-37)55-46(56-41)38-25-23-34(24-26-38)39-16-10-11-33(27-39)29-48-42(52)17-8-3-9-18-43(53)50-54/h1-2,4-7,10-16,19-27,40-41,46,51,54H,3,8-9,17-18,28-31H2,(H,48,52)(H,50,53)/t40-,41+,46+/m0/s1. The number of carbonyl (C=O) groups excluding carboxylic acids is 2. The number of amides is 2. The van der Waals surface area contributed by atoms with Gasteiger partial charge in [-0.2, -0.15) is 0 Å². The minimum atomic E-state index is -0.617. The molecule has 298 valence electrons. The average molecular weight is 798 g/mol. The molecule has 0 radical (unpaired) electrons. The molecule has 1 saturated heterocycles. The van der Waals surface area contributed by atoms with Crippen molar-refractivity contribution in [3.8, 4) is 33.7 Å². The molecular weight excluding hydrogens is 751 g/mol. The van der Waals surface area contributed by atoms with Gasteiger partial charge in [-0.1, -0.05) is 146 Å². The van der Waals surface area contributed by atoms with Gasteiger partial charge in [-0.05, 0) is 46.7 Å². The van der Waals surface area contributed by atoms with Crippen LogP contribution in [0.15, 0.2) is 143 Å². The third-order valence-electron chi connectivity index (χ3n) is 10.1. The highest BCUT2D eigenvalue weighted by Gasteiger charge is 2.33. The Bertz CT molecular complexity index is 2170. The van der Waals surface area contributed by atoms with E-state index in [-0.39, 0.29) is 31.1 Å². The number of ether oxygens (including phenoxy) is 2. The van der Waals surface area contributed by atoms with Crippen LogP contribution in [0.4, 0.5) is 0 Å². The Morgan fingerprint density at radius 3 is 2.07 bits per heavy atom. The number of unbranched alkanes of at least 4 members (excludes halogenated alkanes) is 2. The van der Waals surface area contributed by atoms with Gasteiger partial charge in [-0.15, -0.1) is 0 Å². The second kappa shape index (κ2) is 20.2. The molecule has 0 saturated carbocycles. The van der Waals surface area contributed by atoms with Crippen LogP contribution in [0, 0.1) is 0 Å². The first-order valence-corrected chi connectivity index (χ1v) is 20.6. The van der Waals surface area contributed by atoms with E-state index in [0.717, 1.165) is 62.4 Å². The number of oxazole rings is 1. The van der Waals surface area contributed by atoms with Crippen LogP contribution in [-0.2, 0) is 32.2 Å². The van der Waals surface area contributed by atoms with Crippen molar-refractivity contribution in [1.82, 2.24) is 15.8 Å². The SMILES string of the molecule is O=C(CCCCCC(=O)NCc1cccc(-c2ccc([C@@H]3O[C@H](CSc4nc(-c5ccccc5)c(-c5ccccc5)o4)C[C@H](c4ccc(CO)cc4)O3)cc2)c1)NO. The first-order valence-electron chi connectivity index (χ1n) is 19.6. The van der Waals surface area contributed by atoms with Crippen molar-refractivity contribution < 1.29 is 33.8 Å². The normalized spacial score (nSPS) is 16.5. The molecule has 0 bridgehead atoms. The van der Waals surface area contributed by atoms with Crippen LogP contribution >= 0.6 is 11.8 Å². The fourth-order valence-corrected chi connectivity index (χ4v) is 7.75. The summed E-state index contributed by atoms with van der Waals surface area (Å²) in [4.78, 5) is 28.5. The number of hydroxylamine groups is 1. The van der Waals surface area contributed by atoms with Gasteiger partial charge in [0.25, 0.3) is 5.22 Å². The number of benzene rings is 5. The number of carbonyl (C=O) groups is 2. The second-order valence-electron chi connectivity index (χ2n) is 14.2. The van der Waals surface area contributed by atoms with E-state index in [2.05, 4.69) is 23.5 Å². The van der Waals surface area contributed by atoms with Gasteiger partial charge in [0, 0.05) is 48.3 Å². The smallest absolute Gasteiger partial charge is 0.256 e. The summed E-state index contributed by atoms with van der Waals surface area (Å²) in [5.41, 5.74) is 10.2. The molecular formula is C47H47N3O7S. The highest BCUT2D eigenvalue weighted by molar-refractivity contribution is 7.99. The van der Waals surface area contributed by atoms with Gasteiger partial charge in [-0.25, -0.2) is 10.5 Å². The Morgan fingerprint density at radius 2 is 1.36 bits per heavy atom. The highest BCUT2D eigenvalue weighted by atomic mass is 32.2. The first kappa shape index (κ1) is 40.6. The molecule has 1 aliphatic rings. The summed E-state index contributed by atoms with van der Waals surface area (Å²) in [5, 5.41) is 21.8. The predicted octanol–water partition coefficient (Wildman–Crippen LogP) is 9.58. The molecule has 2 amide bonds. The van der Waals surface area contributed by atoms with Crippen LogP contribution in [0.5, 0.6) is 0 Å². The monoisotopic (exact) mass is 797 g/mol. The zero-order chi connectivity index (χ0) is 40.1. The van der Waals surface area contributed by atoms with Gasteiger partial charge in [0.05, 0.1) is 18.8 Å². The van der Waals surface area contributed by atoms with E-state index in [0.29, 0.717) is 43.2 Å². The Kier molecular flexibility index (Phi) is 14.2. The zero-order valence-electron chi connectivity index (χ0n) is 32.1. The molecule has 2 heterocycles. The van der Waals surface area contributed by atoms with E-state index in [1.807, 2.05) is 115 Å². The maximum absolute atomic E-state index is 12.4. The lowest BCUT2D eigenvalue weighted by atomic mass is 9.99. The number of rotatable bonds is 17. The van der Waals surface area contributed by atoms with E-state index >= 15 is 0 Å². The van der Waals surface area contributed by atoms with Crippen molar-refractivity contribution in [3.63, 3.8) is 0 Å². The number of thioether (sulfide) groups is 1. The van der Waals surface area contributed by atoms with Gasteiger partial charge < -0.3 is 24.3 Å². The molecule has 1 fully saturated rings. The molecule has 1 aliphatic heterocycles. The van der Waals surface area contributed by atoms with Crippen molar-refractivity contribution >= 4 is 23.6 Å². The minimum Gasteiger partial charge on any atom is -0.431 e. The molecule has 7 rings (SSSR count). The maximum Gasteiger partial charge on any atom is 0.256 e. The second-order valence-corrected chi connectivity index (χ2v) is 15.2. The Hall–Kier alpha value is -5.56. The van der Waals surface area contributed by atoms with Crippen molar-refractivity contribution in [2.75, 3.05) is 5.75 Å². The number of hydrogen-bond donors (Lipinski definition) is 4. The van der Waals surface area contributed by atoms with Crippen LogP contribution in [-0.4, -0.2) is 39.0 Å². The van der Waals surface area contributed by atoms with Gasteiger partial charge in [0.2, 0.25) is 11.8 Å². The summed E-state index contributed by atoms with van der Waals surface area (Å²) in [5.74, 6) is 0.873. The molecule has 58 heavy (non-hydrogen) atoms. The van der Waals surface area contributed by atoms with E-state index in [9.17, 15) is 14.7 Å². The van der Waals surface area contributed by atoms with E-state index in [1.54, 1.807) is 5.48 Å². The number of aliphatic hydroxyl groups is 1. The minimum absolute atomic E-state index is 0.0245. The molecule has 11 heteroatoms. The molecule has 0 aliphatic carbocycles. The topological polar surface area (TPSA) is 143 Å². The quantitative estimate of drug-likeness (QED) is 0.0307. The van der Waals surface area contributed by atoms with Crippen LogP contribution in [0.3, 0.4) is 0 Å². The van der Waals surface area contributed by atoms with Crippen molar-refractivity contribution in [2.24, 2.45) is 0 Å². The lowest BCUT2D eigenvalue weighted by Gasteiger charge is -2.36. The molecule has 6 aromatic rings. The summed E-state index contributed by atoms with van der Waals surface area (Å²) in [6.07, 6.45) is 2.24. The number of nitrogens with zero attached hydrogens (tertiary/aromatic N) is 1. The Morgan fingerprint density at radius 1 is 0.690 bits per heavy atom. The van der Waals surface area contributed by atoms with Crippen LogP contribution in [0.2, 0.25) is 0 Å². The molecule has 4 N–H and O–H groups in total. The van der Waals surface area contributed by atoms with Crippen LogP contribution < -0.4 is 10.8 Å². The van der Waals surface area contributed by atoms with Gasteiger partial charge >= 0.3 is 0 Å². The number of hydrogen-bond acceptors (Lipinski definition) is 9. The fraction of sp³-hybridized carbons (Fsp3) is 0.255. The van der Waals surface area contributed by atoms with Crippen LogP contribution in [0.1, 0.15) is 73.2 Å².